The Hall–Kier alpha value is -2.51. The molecule has 3 aromatic heterocycles. The van der Waals surface area contributed by atoms with Crippen molar-refractivity contribution in [2.75, 3.05) is 12.4 Å². The van der Waals surface area contributed by atoms with E-state index < -0.39 is 5.97 Å². The van der Waals surface area contributed by atoms with Crippen LogP contribution in [0, 0.1) is 5.92 Å². The highest BCUT2D eigenvalue weighted by atomic mass is 32.1. The number of nitrogens with zero attached hydrogens (tertiary/aromatic N) is 2. The number of ether oxygens (including phenoxy) is 1. The second-order valence-electron chi connectivity index (χ2n) is 8.08. The van der Waals surface area contributed by atoms with Crippen molar-refractivity contribution in [3.8, 4) is 10.4 Å². The number of rotatable bonds is 7. The molecule has 0 bridgehead atoms. The van der Waals surface area contributed by atoms with Crippen LogP contribution >= 0.6 is 22.7 Å². The van der Waals surface area contributed by atoms with Gasteiger partial charge in [0, 0.05) is 21.5 Å². The fraction of sp³-hybridized carbons (Fsp3) is 0.375. The molecule has 3 aromatic rings. The number of thiazole rings is 1. The van der Waals surface area contributed by atoms with Crippen LogP contribution in [0.15, 0.2) is 35.9 Å². The molecule has 162 valence electrons. The zero-order chi connectivity index (χ0) is 21.8. The summed E-state index contributed by atoms with van der Waals surface area (Å²) in [6, 6.07) is 5.83. The van der Waals surface area contributed by atoms with Gasteiger partial charge in [-0.25, -0.2) is 14.8 Å². The lowest BCUT2D eigenvalue weighted by atomic mass is 9.95. The molecule has 3 heterocycles. The first-order valence-corrected chi connectivity index (χ1v) is 12.3. The molecule has 0 aliphatic heterocycles. The van der Waals surface area contributed by atoms with Crippen LogP contribution in [-0.2, 0) is 11.2 Å². The van der Waals surface area contributed by atoms with Crippen LogP contribution in [0.2, 0.25) is 0 Å². The van der Waals surface area contributed by atoms with E-state index >= 15 is 0 Å². The van der Waals surface area contributed by atoms with E-state index in [2.05, 4.69) is 30.2 Å². The Kier molecular flexibility index (Phi) is 6.83. The van der Waals surface area contributed by atoms with E-state index in [0.717, 1.165) is 40.5 Å². The Morgan fingerprint density at radius 1 is 1.32 bits per heavy atom. The normalized spacial score (nSPS) is 13.9. The summed E-state index contributed by atoms with van der Waals surface area (Å²) in [6.45, 7) is 4.46. The second kappa shape index (κ2) is 9.75. The Balaban J connectivity index is 1.69. The zero-order valence-electron chi connectivity index (χ0n) is 18.1. The fourth-order valence-electron chi connectivity index (χ4n) is 3.73. The van der Waals surface area contributed by atoms with E-state index in [1.165, 1.54) is 30.4 Å². The number of thiophene rings is 1. The number of allylic oxidation sites excluding steroid dienone is 2. The van der Waals surface area contributed by atoms with Gasteiger partial charge in [-0.2, -0.15) is 0 Å². The lowest BCUT2D eigenvalue weighted by Gasteiger charge is -2.12. The number of pyridine rings is 1. The van der Waals surface area contributed by atoms with Crippen molar-refractivity contribution < 1.29 is 9.53 Å². The van der Waals surface area contributed by atoms with Gasteiger partial charge >= 0.3 is 5.97 Å². The average Bonchev–Trinajstić information content (AvgIpc) is 3.44. The maximum absolute atomic E-state index is 12.5. The molecule has 1 aliphatic rings. The Labute approximate surface area is 191 Å². The number of anilines is 2. The number of nitrogens with one attached hydrogen (secondary N) is 1. The molecule has 31 heavy (non-hydrogen) atoms. The highest BCUT2D eigenvalue weighted by Gasteiger charge is 2.20. The molecule has 4 rings (SSSR count). The maximum Gasteiger partial charge on any atom is 0.341 e. The van der Waals surface area contributed by atoms with Gasteiger partial charge in [-0.1, -0.05) is 26.0 Å². The Bertz CT molecular complexity index is 1080. The number of hydrogen-bond acceptors (Lipinski definition) is 7. The van der Waals surface area contributed by atoms with Crippen molar-refractivity contribution in [2.24, 2.45) is 5.92 Å². The number of methoxy groups -OCH3 is 1. The third-order valence-corrected chi connectivity index (χ3v) is 7.12. The molecule has 1 aliphatic carbocycles. The predicted molar refractivity (Wildman–Crippen MR) is 129 cm³/mol. The van der Waals surface area contributed by atoms with E-state index in [9.17, 15) is 4.79 Å². The third kappa shape index (κ3) is 5.05. The number of carbonyl (C=O) groups is 1. The predicted octanol–water partition coefficient (Wildman–Crippen LogP) is 6.95. The van der Waals surface area contributed by atoms with Gasteiger partial charge in [-0.15, -0.1) is 22.7 Å². The number of hydrogen-bond donors (Lipinski definition) is 1. The minimum Gasteiger partial charge on any atom is -0.465 e. The molecular weight excluding hydrogens is 426 g/mol. The topological polar surface area (TPSA) is 64.1 Å². The van der Waals surface area contributed by atoms with Gasteiger partial charge in [-0.05, 0) is 61.1 Å². The van der Waals surface area contributed by atoms with Gasteiger partial charge in [0.2, 0.25) is 0 Å². The van der Waals surface area contributed by atoms with E-state index in [1.807, 2.05) is 23.6 Å². The van der Waals surface area contributed by atoms with Crippen LogP contribution in [0.4, 0.5) is 10.9 Å². The molecule has 0 amide bonds. The van der Waals surface area contributed by atoms with Crippen LogP contribution in [-0.4, -0.2) is 23.0 Å². The van der Waals surface area contributed by atoms with Gasteiger partial charge in [-0.3, -0.25) is 0 Å². The SMILES string of the molecule is COC(=O)c1cc(-c2cccs2)cnc1Nc1nc(C2=CCCCC2)c(CC(C)C)s1. The quantitative estimate of drug-likeness (QED) is 0.392. The summed E-state index contributed by atoms with van der Waals surface area (Å²) < 4.78 is 5.02. The van der Waals surface area contributed by atoms with Gasteiger partial charge in [0.15, 0.2) is 5.13 Å². The molecule has 7 heteroatoms. The van der Waals surface area contributed by atoms with E-state index in [4.69, 9.17) is 9.72 Å². The minimum atomic E-state index is -0.414. The summed E-state index contributed by atoms with van der Waals surface area (Å²) in [7, 11) is 1.39. The molecule has 1 N–H and O–H groups in total. The Morgan fingerprint density at radius 2 is 2.19 bits per heavy atom. The molecule has 0 fully saturated rings. The molecule has 0 aromatic carbocycles. The van der Waals surface area contributed by atoms with Gasteiger partial charge < -0.3 is 10.1 Å². The van der Waals surface area contributed by atoms with Crippen LogP contribution in [0.3, 0.4) is 0 Å². The van der Waals surface area contributed by atoms with Crippen LogP contribution in [0.5, 0.6) is 0 Å². The van der Waals surface area contributed by atoms with Gasteiger partial charge in [0.05, 0.1) is 12.8 Å². The van der Waals surface area contributed by atoms with Crippen molar-refractivity contribution in [1.29, 1.82) is 0 Å². The summed E-state index contributed by atoms with van der Waals surface area (Å²) in [5, 5.41) is 6.07. The van der Waals surface area contributed by atoms with Crippen LogP contribution in [0.25, 0.3) is 16.0 Å². The summed E-state index contributed by atoms with van der Waals surface area (Å²) >= 11 is 3.26. The van der Waals surface area contributed by atoms with Crippen molar-refractivity contribution in [1.82, 2.24) is 9.97 Å². The van der Waals surface area contributed by atoms with Gasteiger partial charge in [0.25, 0.3) is 0 Å². The smallest absolute Gasteiger partial charge is 0.341 e. The van der Waals surface area contributed by atoms with E-state index in [1.54, 1.807) is 28.9 Å². The molecule has 0 saturated carbocycles. The second-order valence-corrected chi connectivity index (χ2v) is 10.1. The van der Waals surface area contributed by atoms with E-state index in [-0.39, 0.29) is 0 Å². The fourth-order valence-corrected chi connectivity index (χ4v) is 5.64. The lowest BCUT2D eigenvalue weighted by Crippen LogP contribution is -2.07. The largest absolute Gasteiger partial charge is 0.465 e. The van der Waals surface area contributed by atoms with Crippen LogP contribution < -0.4 is 5.32 Å². The molecule has 0 spiro atoms. The molecule has 0 saturated heterocycles. The molecule has 0 unspecified atom stereocenters. The van der Waals surface area contributed by atoms with Crippen molar-refractivity contribution >= 4 is 45.2 Å². The first-order valence-electron chi connectivity index (χ1n) is 10.6. The molecule has 5 nitrogen and oxygen atoms in total. The number of aromatic nitrogens is 2. The zero-order valence-corrected chi connectivity index (χ0v) is 19.7. The standard InChI is InChI=1S/C24H27N3O2S2/c1-15(2)12-20-21(16-8-5-4-6-9-16)26-24(31-20)27-22-18(23(28)29-3)13-17(14-25-22)19-10-7-11-30-19/h7-8,10-11,13-15H,4-6,9,12H2,1-3H3,(H,25,26,27). The van der Waals surface area contributed by atoms with Crippen molar-refractivity contribution in [3.63, 3.8) is 0 Å². The molecule has 0 atom stereocenters. The van der Waals surface area contributed by atoms with Crippen molar-refractivity contribution in [3.05, 3.63) is 52.0 Å². The summed E-state index contributed by atoms with van der Waals surface area (Å²) in [5.74, 6) is 0.605. The molecule has 0 radical (unpaired) electrons. The number of esters is 1. The highest BCUT2D eigenvalue weighted by molar-refractivity contribution is 7.15. The maximum atomic E-state index is 12.5. The first-order chi connectivity index (χ1) is 15.0. The highest BCUT2D eigenvalue weighted by Crippen LogP contribution is 2.36. The molecular formula is C24H27N3O2S2. The minimum absolute atomic E-state index is 0.410. The number of carbonyl (C=O) groups excluding carboxylic acids is 1. The average molecular weight is 454 g/mol. The lowest BCUT2D eigenvalue weighted by molar-refractivity contribution is 0.0601. The summed E-state index contributed by atoms with van der Waals surface area (Å²) in [6.07, 6.45) is 9.77. The van der Waals surface area contributed by atoms with Crippen molar-refractivity contribution in [2.45, 2.75) is 46.0 Å². The summed E-state index contributed by atoms with van der Waals surface area (Å²) in [4.78, 5) is 24.3. The third-order valence-electron chi connectivity index (χ3n) is 5.21. The monoisotopic (exact) mass is 453 g/mol. The Morgan fingerprint density at radius 3 is 2.87 bits per heavy atom. The summed E-state index contributed by atoms with van der Waals surface area (Å²) in [5.41, 5.74) is 3.76. The van der Waals surface area contributed by atoms with Gasteiger partial charge in [0.1, 0.15) is 11.4 Å². The van der Waals surface area contributed by atoms with Crippen LogP contribution in [0.1, 0.15) is 60.5 Å². The first kappa shape index (κ1) is 21.7. The van der Waals surface area contributed by atoms with E-state index in [0.29, 0.717) is 17.3 Å².